The molecule has 0 fully saturated rings. The van der Waals surface area contributed by atoms with Crippen molar-refractivity contribution in [3.8, 4) is 0 Å². The normalized spacial score (nSPS) is 15.2. The van der Waals surface area contributed by atoms with E-state index in [-0.39, 0.29) is 5.82 Å². The summed E-state index contributed by atoms with van der Waals surface area (Å²) in [4.78, 5) is 3.03. The van der Waals surface area contributed by atoms with Crippen molar-refractivity contribution in [2.24, 2.45) is 5.73 Å². The number of aromatic nitrogens is 1. The van der Waals surface area contributed by atoms with E-state index in [0.717, 1.165) is 11.1 Å². The monoisotopic (exact) mass is 222 g/mol. The Morgan fingerprint density at radius 1 is 1.50 bits per heavy atom. The number of nitrogens with one attached hydrogen (secondary N) is 1. The topological polar surface area (TPSA) is 51.0 Å². The first kappa shape index (κ1) is 11.1. The molecule has 0 amide bonds. The highest BCUT2D eigenvalue weighted by atomic mass is 19.1. The van der Waals surface area contributed by atoms with Crippen LogP contribution in [0.5, 0.6) is 0 Å². The summed E-state index contributed by atoms with van der Waals surface area (Å²) in [5.41, 5.74) is 6.53. The molecule has 0 saturated carbocycles. The lowest BCUT2D eigenvalue weighted by Gasteiger charge is -2.26. The summed E-state index contributed by atoms with van der Waals surface area (Å²) in [6.07, 6.45) is 1.75. The van der Waals surface area contributed by atoms with Gasteiger partial charge in [0.15, 0.2) is 0 Å². The lowest BCUT2D eigenvalue weighted by molar-refractivity contribution is 0.0112. The number of H-pyrrole nitrogens is 1. The second-order valence-electron chi connectivity index (χ2n) is 4.00. The Kier molecular flexibility index (Phi) is 2.69. The van der Waals surface area contributed by atoms with Crippen LogP contribution in [0.2, 0.25) is 0 Å². The van der Waals surface area contributed by atoms with Crippen LogP contribution >= 0.6 is 0 Å². The van der Waals surface area contributed by atoms with E-state index in [9.17, 15) is 4.39 Å². The van der Waals surface area contributed by atoms with E-state index in [0.29, 0.717) is 11.9 Å². The summed E-state index contributed by atoms with van der Waals surface area (Å²) in [6.45, 7) is 2.15. The zero-order valence-electron chi connectivity index (χ0n) is 9.38. The van der Waals surface area contributed by atoms with Gasteiger partial charge in [-0.1, -0.05) is 6.07 Å². The fraction of sp³-hybridized carbons (Fsp3) is 0.333. The highest BCUT2D eigenvalue weighted by Gasteiger charge is 2.28. The van der Waals surface area contributed by atoms with Crippen LogP contribution < -0.4 is 5.73 Å². The fourth-order valence-corrected chi connectivity index (χ4v) is 1.86. The van der Waals surface area contributed by atoms with Crippen molar-refractivity contribution in [1.82, 2.24) is 4.98 Å². The summed E-state index contributed by atoms with van der Waals surface area (Å²) in [6, 6.07) is 4.94. The third-order valence-corrected chi connectivity index (χ3v) is 3.06. The van der Waals surface area contributed by atoms with Gasteiger partial charge in [0.25, 0.3) is 0 Å². The zero-order valence-corrected chi connectivity index (χ0v) is 9.38. The van der Waals surface area contributed by atoms with Crippen LogP contribution in [-0.2, 0) is 10.3 Å². The Hall–Kier alpha value is -1.39. The van der Waals surface area contributed by atoms with Gasteiger partial charge < -0.3 is 15.5 Å². The molecule has 16 heavy (non-hydrogen) atoms. The lowest BCUT2D eigenvalue weighted by atomic mass is 9.95. The van der Waals surface area contributed by atoms with E-state index in [1.807, 2.05) is 13.0 Å². The van der Waals surface area contributed by atoms with Gasteiger partial charge in [-0.25, -0.2) is 4.39 Å². The zero-order chi connectivity index (χ0) is 11.8. The fourth-order valence-electron chi connectivity index (χ4n) is 1.86. The molecule has 0 aliphatic heterocycles. The quantitative estimate of drug-likeness (QED) is 0.835. The Morgan fingerprint density at radius 3 is 2.88 bits per heavy atom. The van der Waals surface area contributed by atoms with Gasteiger partial charge in [0.1, 0.15) is 11.4 Å². The van der Waals surface area contributed by atoms with Gasteiger partial charge in [-0.3, -0.25) is 0 Å². The van der Waals surface area contributed by atoms with Crippen LogP contribution in [0.3, 0.4) is 0 Å². The van der Waals surface area contributed by atoms with Gasteiger partial charge in [0.05, 0.1) is 0 Å². The number of ether oxygens (including phenoxy) is 1. The molecule has 86 valence electrons. The van der Waals surface area contributed by atoms with Crippen molar-refractivity contribution in [2.75, 3.05) is 13.7 Å². The third-order valence-electron chi connectivity index (χ3n) is 3.06. The largest absolute Gasteiger partial charge is 0.372 e. The smallest absolute Gasteiger partial charge is 0.132 e. The summed E-state index contributed by atoms with van der Waals surface area (Å²) in [5, 5.41) is 0.553. The van der Waals surface area contributed by atoms with Gasteiger partial charge in [-0.2, -0.15) is 0 Å². The standard InChI is InChI=1S/C12H15FN2O/c1-12(7-14,16-2)8-6-15-10-5-3-4-9(13)11(8)10/h3-6,15H,7,14H2,1-2H3. The second-order valence-corrected chi connectivity index (χ2v) is 4.00. The van der Waals surface area contributed by atoms with Crippen molar-refractivity contribution >= 4 is 10.9 Å². The minimum atomic E-state index is -0.666. The first-order valence-electron chi connectivity index (χ1n) is 5.13. The molecule has 3 N–H and O–H groups in total. The molecule has 0 radical (unpaired) electrons. The van der Waals surface area contributed by atoms with Crippen LogP contribution in [0.15, 0.2) is 24.4 Å². The number of methoxy groups -OCH3 is 1. The number of hydrogen-bond acceptors (Lipinski definition) is 2. The Balaban J connectivity index is 2.70. The number of benzene rings is 1. The van der Waals surface area contributed by atoms with E-state index < -0.39 is 5.60 Å². The summed E-state index contributed by atoms with van der Waals surface area (Å²) < 4.78 is 19.1. The predicted molar refractivity (Wildman–Crippen MR) is 61.7 cm³/mol. The number of fused-ring (bicyclic) bond motifs is 1. The number of aromatic amines is 1. The van der Waals surface area contributed by atoms with Crippen LogP contribution in [0.25, 0.3) is 10.9 Å². The average molecular weight is 222 g/mol. The number of halogens is 1. The third kappa shape index (κ3) is 1.50. The molecule has 2 aromatic rings. The molecule has 0 aliphatic rings. The number of nitrogens with two attached hydrogens (primary N) is 1. The number of hydrogen-bond donors (Lipinski definition) is 2. The highest BCUT2D eigenvalue weighted by molar-refractivity contribution is 5.84. The molecule has 1 atom stereocenters. The minimum absolute atomic E-state index is 0.259. The average Bonchev–Trinajstić information content (AvgIpc) is 2.74. The molecule has 0 aliphatic carbocycles. The van der Waals surface area contributed by atoms with Gasteiger partial charge in [-0.05, 0) is 19.1 Å². The van der Waals surface area contributed by atoms with E-state index in [1.165, 1.54) is 6.07 Å². The molecule has 1 unspecified atom stereocenters. The molecular formula is C12H15FN2O. The maximum absolute atomic E-state index is 13.8. The first-order chi connectivity index (χ1) is 7.62. The molecule has 1 aromatic carbocycles. The summed E-state index contributed by atoms with van der Waals surface area (Å²) >= 11 is 0. The Labute approximate surface area is 93.4 Å². The highest BCUT2D eigenvalue weighted by Crippen LogP contribution is 2.31. The van der Waals surface area contributed by atoms with Crippen molar-refractivity contribution in [1.29, 1.82) is 0 Å². The SMILES string of the molecule is COC(C)(CN)c1c[nH]c2cccc(F)c12. The van der Waals surface area contributed by atoms with Crippen molar-refractivity contribution in [3.05, 3.63) is 35.8 Å². The van der Waals surface area contributed by atoms with E-state index >= 15 is 0 Å². The lowest BCUT2D eigenvalue weighted by Crippen LogP contribution is -2.33. The van der Waals surface area contributed by atoms with Crippen LogP contribution in [0.4, 0.5) is 4.39 Å². The van der Waals surface area contributed by atoms with Crippen LogP contribution in [-0.4, -0.2) is 18.6 Å². The van der Waals surface area contributed by atoms with Crippen LogP contribution in [0.1, 0.15) is 12.5 Å². The number of rotatable bonds is 3. The molecule has 1 heterocycles. The summed E-state index contributed by atoms with van der Waals surface area (Å²) in [7, 11) is 1.58. The second kappa shape index (κ2) is 3.88. The molecule has 2 rings (SSSR count). The van der Waals surface area contributed by atoms with E-state index in [1.54, 1.807) is 19.4 Å². The maximum Gasteiger partial charge on any atom is 0.132 e. The molecule has 4 heteroatoms. The van der Waals surface area contributed by atoms with Gasteiger partial charge in [0.2, 0.25) is 0 Å². The van der Waals surface area contributed by atoms with Gasteiger partial charge >= 0.3 is 0 Å². The van der Waals surface area contributed by atoms with Gasteiger partial charge in [0, 0.05) is 36.3 Å². The van der Waals surface area contributed by atoms with Crippen molar-refractivity contribution < 1.29 is 9.13 Å². The minimum Gasteiger partial charge on any atom is -0.372 e. The molecule has 0 saturated heterocycles. The molecule has 1 aromatic heterocycles. The first-order valence-corrected chi connectivity index (χ1v) is 5.13. The van der Waals surface area contributed by atoms with Crippen molar-refractivity contribution in [2.45, 2.75) is 12.5 Å². The molecular weight excluding hydrogens is 207 g/mol. The molecule has 0 bridgehead atoms. The van der Waals surface area contributed by atoms with Crippen LogP contribution in [0, 0.1) is 5.82 Å². The van der Waals surface area contributed by atoms with Gasteiger partial charge in [-0.15, -0.1) is 0 Å². The molecule has 0 spiro atoms. The molecule has 3 nitrogen and oxygen atoms in total. The summed E-state index contributed by atoms with van der Waals surface area (Å²) in [5.74, 6) is -0.259. The Bertz CT molecular complexity index is 503. The van der Waals surface area contributed by atoms with Crippen molar-refractivity contribution in [3.63, 3.8) is 0 Å². The van der Waals surface area contributed by atoms with E-state index in [4.69, 9.17) is 10.5 Å². The van der Waals surface area contributed by atoms with E-state index in [2.05, 4.69) is 4.98 Å². The Morgan fingerprint density at radius 2 is 2.25 bits per heavy atom. The maximum atomic E-state index is 13.8. The predicted octanol–water partition coefficient (Wildman–Crippen LogP) is 2.13.